The van der Waals surface area contributed by atoms with E-state index in [0.29, 0.717) is 16.1 Å². The third kappa shape index (κ3) is 5.19. The number of aliphatic carboxylic acids is 1. The van der Waals surface area contributed by atoms with Gasteiger partial charge in [0.05, 0.1) is 41.4 Å². The largest absolute Gasteiger partial charge is 0.495 e. The monoisotopic (exact) mass is 561 g/mol. The van der Waals surface area contributed by atoms with Crippen LogP contribution in [0.3, 0.4) is 0 Å². The van der Waals surface area contributed by atoms with Crippen molar-refractivity contribution in [1.82, 2.24) is 4.90 Å². The van der Waals surface area contributed by atoms with Gasteiger partial charge in [-0.15, -0.1) is 11.3 Å². The Balaban J connectivity index is 1.58. The summed E-state index contributed by atoms with van der Waals surface area (Å²) in [6.07, 6.45) is -4.72. The summed E-state index contributed by atoms with van der Waals surface area (Å²) in [5.41, 5.74) is -0.251. The van der Waals surface area contributed by atoms with Crippen LogP contribution < -0.4 is 9.64 Å². The summed E-state index contributed by atoms with van der Waals surface area (Å²) < 4.78 is 62.7. The molecule has 2 aliphatic rings. The highest BCUT2D eigenvalue weighted by Crippen LogP contribution is 2.48. The zero-order valence-electron chi connectivity index (χ0n) is 21.3. The number of methoxy groups -OCH3 is 1. The Morgan fingerprint density at radius 2 is 1.85 bits per heavy atom. The molecule has 1 fully saturated rings. The molecule has 11 heteroatoms. The average Bonchev–Trinajstić information content (AvgIpc) is 3.37. The minimum Gasteiger partial charge on any atom is -0.495 e. The number of aryl methyl sites for hydroxylation is 1. The topological polar surface area (TPSA) is 65.4 Å². The quantitative estimate of drug-likeness (QED) is 0.338. The van der Waals surface area contributed by atoms with Gasteiger partial charge in [-0.1, -0.05) is 29.8 Å². The van der Waals surface area contributed by atoms with Gasteiger partial charge in [0, 0.05) is 25.9 Å². The van der Waals surface area contributed by atoms with E-state index in [1.54, 1.807) is 23.6 Å². The van der Waals surface area contributed by atoms with Gasteiger partial charge in [-0.2, -0.15) is 13.2 Å². The number of piperidine rings is 1. The molecule has 2 aromatic carbocycles. The van der Waals surface area contributed by atoms with Crippen molar-refractivity contribution >= 4 is 34.6 Å². The molecule has 1 atom stereocenters. The van der Waals surface area contributed by atoms with Gasteiger partial charge < -0.3 is 14.7 Å². The number of benzene rings is 2. The third-order valence-corrected chi connectivity index (χ3v) is 8.27. The number of anilines is 1. The maximum Gasteiger partial charge on any atom is 0.416 e. The lowest BCUT2D eigenvalue weighted by atomic mass is 9.86. The first-order valence-corrected chi connectivity index (χ1v) is 13.3. The van der Waals surface area contributed by atoms with Crippen molar-refractivity contribution in [2.45, 2.75) is 44.1 Å². The lowest BCUT2D eigenvalue weighted by Gasteiger charge is -2.45. The van der Waals surface area contributed by atoms with Gasteiger partial charge in [-0.25, -0.2) is 9.38 Å². The summed E-state index contributed by atoms with van der Waals surface area (Å²) >= 11 is 1.29. The molecule has 3 heterocycles. The first-order valence-electron chi connectivity index (χ1n) is 12.4. The van der Waals surface area contributed by atoms with Gasteiger partial charge in [-0.3, -0.25) is 9.69 Å². The van der Waals surface area contributed by atoms with Crippen LogP contribution in [0, 0.1) is 6.92 Å². The zero-order valence-corrected chi connectivity index (χ0v) is 22.2. The first-order chi connectivity index (χ1) is 18.5. The van der Waals surface area contributed by atoms with Gasteiger partial charge in [-0.05, 0) is 42.1 Å². The molecule has 1 aromatic heterocycles. The number of rotatable bonds is 5. The molecule has 5 rings (SSSR count). The molecule has 0 amide bonds. The van der Waals surface area contributed by atoms with E-state index in [4.69, 9.17) is 9.73 Å². The Kier molecular flexibility index (Phi) is 7.04. The molecule has 0 saturated carbocycles. The lowest BCUT2D eigenvalue weighted by molar-refractivity contribution is -0.138. The van der Waals surface area contributed by atoms with Crippen LogP contribution in [0.15, 0.2) is 58.9 Å². The highest BCUT2D eigenvalue weighted by Gasteiger charge is 2.43. The van der Waals surface area contributed by atoms with Crippen LogP contribution in [0.2, 0.25) is 0 Å². The Morgan fingerprint density at radius 1 is 1.15 bits per heavy atom. The number of hydrogen-bond donors (Lipinski definition) is 1. The molecule has 0 spiro atoms. The van der Waals surface area contributed by atoms with E-state index in [1.807, 2.05) is 24.0 Å². The van der Waals surface area contributed by atoms with Gasteiger partial charge >= 0.3 is 12.1 Å². The van der Waals surface area contributed by atoms with E-state index >= 15 is 4.39 Å². The maximum atomic E-state index is 16.0. The lowest BCUT2D eigenvalue weighted by Crippen LogP contribution is -2.52. The summed E-state index contributed by atoms with van der Waals surface area (Å²) in [5.74, 6) is -0.698. The molecule has 0 bridgehead atoms. The van der Waals surface area contributed by atoms with Crippen molar-refractivity contribution in [1.29, 1.82) is 0 Å². The molecule has 2 aliphatic heterocycles. The number of halogens is 4. The number of carbonyl (C=O) groups is 1. The Hall–Kier alpha value is -3.60. The predicted octanol–water partition coefficient (Wildman–Crippen LogP) is 7.07. The van der Waals surface area contributed by atoms with Gasteiger partial charge in [0.2, 0.25) is 5.96 Å². The second-order valence-corrected chi connectivity index (χ2v) is 10.7. The van der Waals surface area contributed by atoms with Gasteiger partial charge in [0.1, 0.15) is 11.4 Å². The van der Waals surface area contributed by atoms with E-state index in [0.717, 1.165) is 17.7 Å². The Bertz CT molecular complexity index is 1400. The number of likely N-dealkylation sites (tertiary alicyclic amines) is 1. The number of guanidine groups is 1. The van der Waals surface area contributed by atoms with E-state index in [-0.39, 0.29) is 49.7 Å². The summed E-state index contributed by atoms with van der Waals surface area (Å²) in [7, 11) is 1.34. The molecular weight excluding hydrogens is 534 g/mol. The Morgan fingerprint density at radius 3 is 2.46 bits per heavy atom. The van der Waals surface area contributed by atoms with Crippen LogP contribution in [-0.4, -0.2) is 42.1 Å². The summed E-state index contributed by atoms with van der Waals surface area (Å²) in [4.78, 5) is 20.7. The molecule has 39 heavy (non-hydrogen) atoms. The minimum absolute atomic E-state index is 0.0481. The van der Waals surface area contributed by atoms with Crippen LogP contribution in [-0.2, 0) is 16.6 Å². The number of thiophene rings is 1. The fourth-order valence-corrected chi connectivity index (χ4v) is 6.10. The molecule has 1 N–H and O–H groups in total. The predicted molar refractivity (Wildman–Crippen MR) is 142 cm³/mol. The van der Waals surface area contributed by atoms with Crippen molar-refractivity contribution in [3.05, 3.63) is 75.5 Å². The normalized spacial score (nSPS) is 18.9. The molecule has 206 valence electrons. The fraction of sp³-hybridized carbons (Fsp3) is 0.357. The van der Waals surface area contributed by atoms with Crippen LogP contribution in [0.1, 0.15) is 46.9 Å². The van der Waals surface area contributed by atoms with E-state index in [9.17, 15) is 23.1 Å². The van der Waals surface area contributed by atoms with Gasteiger partial charge in [0.25, 0.3) is 0 Å². The summed E-state index contributed by atoms with van der Waals surface area (Å²) in [6, 6.07) is 11.3. The maximum absolute atomic E-state index is 16.0. The standard InChI is InChI=1S/C28H27F4N3O3S/c1-17-3-5-18(6-4-17)27(29)10-12-34(13-11-27)26-33-20-9-14-39-25(20)22(16-24(36)37)35(26)21-15-19(28(30,31)32)7-8-23(21)38-2/h3-9,14-15,22H,10-13,16H2,1-2H3,(H,36,37)/t22-/m1/s1. The highest BCUT2D eigenvalue weighted by atomic mass is 32.1. The van der Waals surface area contributed by atoms with Gasteiger partial charge in [0.15, 0.2) is 0 Å². The molecular formula is C28H27F4N3O3S. The number of nitrogens with zero attached hydrogens (tertiary/aromatic N) is 3. The van der Waals surface area contributed by atoms with Crippen LogP contribution in [0.5, 0.6) is 5.75 Å². The van der Waals surface area contributed by atoms with Crippen LogP contribution in [0.4, 0.5) is 28.9 Å². The van der Waals surface area contributed by atoms with Crippen molar-refractivity contribution in [3.8, 4) is 5.75 Å². The van der Waals surface area contributed by atoms with Crippen LogP contribution in [0.25, 0.3) is 0 Å². The first kappa shape index (κ1) is 27.0. The molecule has 1 saturated heterocycles. The molecule has 6 nitrogen and oxygen atoms in total. The number of alkyl halides is 4. The number of hydrogen-bond acceptors (Lipinski definition) is 6. The second-order valence-electron chi connectivity index (χ2n) is 9.77. The number of carboxylic acid groups (broad SMARTS) is 1. The average molecular weight is 562 g/mol. The van der Waals surface area contributed by atoms with E-state index in [2.05, 4.69) is 0 Å². The number of aliphatic imine (C=N–C) groups is 1. The van der Waals surface area contributed by atoms with Crippen molar-refractivity contribution in [2.75, 3.05) is 25.1 Å². The van der Waals surface area contributed by atoms with E-state index < -0.39 is 29.4 Å². The zero-order chi connectivity index (χ0) is 27.9. The van der Waals surface area contributed by atoms with Crippen molar-refractivity contribution in [3.63, 3.8) is 0 Å². The number of fused-ring (bicyclic) bond motifs is 1. The highest BCUT2D eigenvalue weighted by molar-refractivity contribution is 7.10. The smallest absolute Gasteiger partial charge is 0.416 e. The number of carboxylic acids is 1. The molecule has 0 aliphatic carbocycles. The second kappa shape index (κ2) is 10.2. The molecule has 0 unspecified atom stereocenters. The molecule has 0 radical (unpaired) electrons. The minimum atomic E-state index is -4.63. The van der Waals surface area contributed by atoms with E-state index in [1.165, 1.54) is 29.4 Å². The van der Waals surface area contributed by atoms with Crippen molar-refractivity contribution in [2.24, 2.45) is 4.99 Å². The third-order valence-electron chi connectivity index (χ3n) is 7.27. The molecule has 3 aromatic rings. The van der Waals surface area contributed by atoms with Crippen molar-refractivity contribution < 1.29 is 32.2 Å². The SMILES string of the molecule is COc1ccc(C(F)(F)F)cc1N1C(N2CCC(F)(c3ccc(C)cc3)CC2)=Nc2ccsc2[C@H]1CC(=O)O. The Labute approximate surface area is 227 Å². The number of ether oxygens (including phenoxy) is 1. The van der Waals surface area contributed by atoms with Crippen LogP contribution >= 0.6 is 11.3 Å². The summed E-state index contributed by atoms with van der Waals surface area (Å²) in [6.45, 7) is 2.40. The fourth-order valence-electron chi connectivity index (χ4n) is 5.18. The summed E-state index contributed by atoms with van der Waals surface area (Å²) in [5, 5.41) is 11.5.